The predicted octanol–water partition coefficient (Wildman–Crippen LogP) is 21.1. The van der Waals surface area contributed by atoms with Crippen molar-refractivity contribution in [3.63, 3.8) is 0 Å². The maximum atomic E-state index is 6.93. The van der Waals surface area contributed by atoms with E-state index in [9.17, 15) is 0 Å². The summed E-state index contributed by atoms with van der Waals surface area (Å²) in [4.78, 5) is 6.66. The van der Waals surface area contributed by atoms with Crippen molar-refractivity contribution in [1.29, 1.82) is 0 Å². The van der Waals surface area contributed by atoms with Crippen LogP contribution in [0.3, 0.4) is 0 Å². The molecule has 0 saturated carbocycles. The molecule has 14 aromatic carbocycles. The van der Waals surface area contributed by atoms with Gasteiger partial charge < -0.3 is 27.7 Å². The van der Waals surface area contributed by atoms with E-state index >= 15 is 0 Å². The molecule has 10 heteroatoms. The standard InChI is InChI=1S/C95H66BN7O2/c1-13-39-77-63(27-1)64-28-2-14-40-78(64)96(77)91-92(100-83-45-19-7-33-69(83)70-34-8-20-46-84(70)100)94(102-87-49-23-11-37-73(87)75-59-61(51-53-89(75)102)104-57-25-55-98-79-41-15-3-29-65(79)66-30-4-16-42-80(66)98)97-95(93(91)101-85-47-21-9-35-71(85)72-36-10-22-48-86(72)101)103-88-50-24-12-38-74(88)76-60-62(52-54-90(76)103)105-58-26-56-99-81-43-17-5-31-67(81)68-32-6-18-44-82(68)99/h1-24,27-54,59-60H,25-26,55-58H2. The van der Waals surface area contributed by atoms with Crippen molar-refractivity contribution in [3.8, 4) is 45.6 Å². The van der Waals surface area contributed by atoms with E-state index in [1.165, 1.54) is 65.7 Å². The van der Waals surface area contributed by atoms with E-state index in [2.05, 4.69) is 355 Å². The van der Waals surface area contributed by atoms with Crippen LogP contribution in [-0.2, 0) is 13.1 Å². The Morgan fingerprint density at radius 1 is 0.248 bits per heavy atom. The number of pyridine rings is 1. The molecule has 7 aromatic heterocycles. The van der Waals surface area contributed by atoms with Gasteiger partial charge in [0, 0.05) is 99.8 Å². The molecule has 0 unspecified atom stereocenters. The lowest BCUT2D eigenvalue weighted by atomic mass is 9.38. The highest BCUT2D eigenvalue weighted by atomic mass is 16.5. The lowest BCUT2D eigenvalue weighted by molar-refractivity contribution is 0.303. The number of fused-ring (bicyclic) bond motifs is 21. The predicted molar refractivity (Wildman–Crippen MR) is 437 cm³/mol. The van der Waals surface area contributed by atoms with E-state index < -0.39 is 0 Å². The van der Waals surface area contributed by atoms with Gasteiger partial charge in [-0.3, -0.25) is 9.13 Å². The number of ether oxygens (including phenoxy) is 2. The largest absolute Gasteiger partial charge is 0.494 e. The van der Waals surface area contributed by atoms with E-state index in [-0.39, 0.29) is 6.71 Å². The van der Waals surface area contributed by atoms with Gasteiger partial charge in [0.15, 0.2) is 11.6 Å². The van der Waals surface area contributed by atoms with Crippen molar-refractivity contribution in [2.45, 2.75) is 25.9 Å². The second-order valence-corrected chi connectivity index (χ2v) is 28.1. The van der Waals surface area contributed by atoms with Gasteiger partial charge >= 0.3 is 0 Å². The highest BCUT2D eigenvalue weighted by Gasteiger charge is 2.42. The Morgan fingerprint density at radius 3 is 0.838 bits per heavy atom. The van der Waals surface area contributed by atoms with E-state index in [1.54, 1.807) is 0 Å². The minimum absolute atomic E-state index is 0.325. The van der Waals surface area contributed by atoms with Gasteiger partial charge in [0.25, 0.3) is 0 Å². The monoisotopic (exact) mass is 1350 g/mol. The fourth-order valence-corrected chi connectivity index (χ4v) is 18.2. The summed E-state index contributed by atoms with van der Waals surface area (Å²) in [5.41, 5.74) is 21.4. The van der Waals surface area contributed by atoms with Gasteiger partial charge in [0.05, 0.1) is 68.7 Å². The summed E-state index contributed by atoms with van der Waals surface area (Å²) in [5.74, 6) is 3.22. The molecule has 105 heavy (non-hydrogen) atoms. The van der Waals surface area contributed by atoms with Gasteiger partial charge in [-0.25, -0.2) is 4.98 Å². The molecule has 8 heterocycles. The van der Waals surface area contributed by atoms with Gasteiger partial charge in [-0.05, 0) is 126 Å². The molecule has 22 rings (SSSR count). The summed E-state index contributed by atoms with van der Waals surface area (Å²) in [5, 5.41) is 14.1. The van der Waals surface area contributed by atoms with Crippen LogP contribution >= 0.6 is 0 Å². The number of benzene rings is 14. The number of aromatic nitrogens is 7. The zero-order valence-electron chi connectivity index (χ0n) is 57.4. The molecule has 0 radical (unpaired) electrons. The zero-order valence-corrected chi connectivity index (χ0v) is 57.4. The summed E-state index contributed by atoms with van der Waals surface area (Å²) >= 11 is 0. The van der Waals surface area contributed by atoms with E-state index in [1.807, 2.05) is 0 Å². The molecule has 0 spiro atoms. The van der Waals surface area contributed by atoms with E-state index in [0.717, 1.165) is 153 Å². The number of aryl methyl sites for hydroxylation is 2. The first-order chi connectivity index (χ1) is 52.2. The molecule has 0 amide bonds. The number of hydrogen-bond acceptors (Lipinski definition) is 3. The second-order valence-electron chi connectivity index (χ2n) is 28.1. The first-order valence-electron chi connectivity index (χ1n) is 36.7. The van der Waals surface area contributed by atoms with Gasteiger partial charge in [-0.2, -0.15) is 0 Å². The molecular formula is C95H66BN7O2. The summed E-state index contributed by atoms with van der Waals surface area (Å²) in [7, 11) is 0. The van der Waals surface area contributed by atoms with Crippen molar-refractivity contribution in [3.05, 3.63) is 328 Å². The average molecular weight is 1350 g/mol. The highest BCUT2D eigenvalue weighted by molar-refractivity contribution is 7.00. The van der Waals surface area contributed by atoms with Crippen molar-refractivity contribution in [1.82, 2.24) is 32.4 Å². The first kappa shape index (κ1) is 59.4. The molecular weight excluding hydrogens is 1280 g/mol. The lowest BCUT2D eigenvalue weighted by Crippen LogP contribution is -2.52. The molecule has 1 aliphatic heterocycles. The van der Waals surface area contributed by atoms with Gasteiger partial charge in [-0.15, -0.1) is 0 Å². The van der Waals surface area contributed by atoms with Crippen molar-refractivity contribution in [2.75, 3.05) is 13.2 Å². The van der Waals surface area contributed by atoms with Crippen LogP contribution in [-0.4, -0.2) is 52.3 Å². The third-order valence-electron chi connectivity index (χ3n) is 22.5. The quantitative estimate of drug-likeness (QED) is 0.0759. The molecule has 0 N–H and O–H groups in total. The fraction of sp³-hybridized carbons (Fsp3) is 0.0632. The van der Waals surface area contributed by atoms with Crippen LogP contribution in [0.25, 0.3) is 165 Å². The van der Waals surface area contributed by atoms with Crippen LogP contribution in [0.4, 0.5) is 0 Å². The minimum atomic E-state index is -0.325. The Balaban J connectivity index is 0.815. The lowest BCUT2D eigenvalue weighted by Gasteiger charge is -2.29. The van der Waals surface area contributed by atoms with E-state index in [0.29, 0.717) is 13.2 Å². The number of hydrogen-bond donors (Lipinski definition) is 0. The summed E-state index contributed by atoms with van der Waals surface area (Å²) in [6, 6.07) is 120. The van der Waals surface area contributed by atoms with Gasteiger partial charge in [-0.1, -0.05) is 241 Å². The Kier molecular flexibility index (Phi) is 13.4. The molecule has 0 bridgehead atoms. The number of rotatable bonds is 15. The van der Waals surface area contributed by atoms with Crippen molar-refractivity contribution in [2.24, 2.45) is 0 Å². The Bertz CT molecular complexity index is 6530. The summed E-state index contributed by atoms with van der Waals surface area (Å²) in [6.45, 7) is 2.41. The SMILES string of the molecule is c1ccc2c(c1)B(c1c(-n3c4ccccc4c4ccccc43)c(-n3c4ccccc4c4cc(OCCCn5c6ccccc6c6ccccc65)ccc43)nc(-n3c4ccccc4c4cc(OCCCn5c6ccccc6c6ccccc65)ccc43)c1-n1c3ccccc3c3ccccc31)c1ccccc1-2. The Morgan fingerprint density at radius 2 is 0.505 bits per heavy atom. The molecule has 0 atom stereocenters. The molecule has 21 aromatic rings. The van der Waals surface area contributed by atoms with Crippen LogP contribution in [0.2, 0.25) is 0 Å². The van der Waals surface area contributed by atoms with Gasteiger partial charge in [0.1, 0.15) is 11.5 Å². The van der Waals surface area contributed by atoms with Crippen molar-refractivity contribution < 1.29 is 9.47 Å². The Hall–Kier alpha value is -13.3. The first-order valence-corrected chi connectivity index (χ1v) is 36.7. The van der Waals surface area contributed by atoms with Crippen molar-refractivity contribution >= 4 is 154 Å². The number of nitrogens with zero attached hydrogens (tertiary/aromatic N) is 7. The summed E-state index contributed by atoms with van der Waals surface area (Å²) < 4.78 is 28.9. The number of para-hydroxylation sites is 10. The molecule has 0 saturated heterocycles. The van der Waals surface area contributed by atoms with Gasteiger partial charge in [0.2, 0.25) is 6.71 Å². The fourth-order valence-electron chi connectivity index (χ4n) is 18.2. The Labute approximate surface area is 604 Å². The molecule has 9 nitrogen and oxygen atoms in total. The molecule has 496 valence electrons. The maximum Gasteiger partial charge on any atom is 0.248 e. The molecule has 0 aliphatic carbocycles. The van der Waals surface area contributed by atoms with Crippen LogP contribution in [0.15, 0.2) is 328 Å². The highest BCUT2D eigenvalue weighted by Crippen LogP contribution is 2.45. The maximum absolute atomic E-state index is 6.93. The molecule has 1 aliphatic rings. The van der Waals surface area contributed by atoms with Crippen LogP contribution in [0.5, 0.6) is 11.5 Å². The third kappa shape index (κ3) is 8.93. The average Bonchev–Trinajstić information content (AvgIpc) is 1.55. The topological polar surface area (TPSA) is 60.9 Å². The van der Waals surface area contributed by atoms with Crippen LogP contribution in [0.1, 0.15) is 12.8 Å². The smallest absolute Gasteiger partial charge is 0.248 e. The third-order valence-corrected chi connectivity index (χ3v) is 22.5. The normalized spacial score (nSPS) is 12.4. The molecule has 0 fully saturated rings. The van der Waals surface area contributed by atoms with Crippen LogP contribution < -0.4 is 25.9 Å². The van der Waals surface area contributed by atoms with E-state index in [4.69, 9.17) is 14.5 Å². The van der Waals surface area contributed by atoms with Crippen LogP contribution in [0, 0.1) is 0 Å². The minimum Gasteiger partial charge on any atom is -0.494 e. The zero-order chi connectivity index (χ0) is 68.8. The summed E-state index contributed by atoms with van der Waals surface area (Å²) in [6.07, 6.45) is 1.65. The second kappa shape index (κ2) is 23.6.